The number of alkyl halides is 3. The minimum Gasteiger partial charge on any atom is -0.388 e. The second-order valence-corrected chi connectivity index (χ2v) is 6.33. The molecule has 0 aromatic heterocycles. The van der Waals surface area contributed by atoms with Gasteiger partial charge in [-0.15, -0.1) is 0 Å². The fourth-order valence-electron chi connectivity index (χ4n) is 1.36. The van der Waals surface area contributed by atoms with E-state index in [1.54, 1.807) is 0 Å². The maximum Gasteiger partial charge on any atom is 0.216 e. The van der Waals surface area contributed by atoms with Crippen LogP contribution in [-0.2, 0) is 4.79 Å². The van der Waals surface area contributed by atoms with Crippen LogP contribution in [0.3, 0.4) is 0 Å². The van der Waals surface area contributed by atoms with Crippen LogP contribution >= 0.6 is 34.8 Å². The highest BCUT2D eigenvalue weighted by atomic mass is 35.6. The summed E-state index contributed by atoms with van der Waals surface area (Å²) < 4.78 is -1.77. The number of carbonyl (C=O) groups excluding carboxylic acids is 1. The molecule has 5 heteroatoms. The van der Waals surface area contributed by atoms with Gasteiger partial charge in [0.2, 0.25) is 3.79 Å². The van der Waals surface area contributed by atoms with Gasteiger partial charge in [-0.05, 0) is 6.42 Å². The second-order valence-electron chi connectivity index (χ2n) is 3.96. The largest absolute Gasteiger partial charge is 0.388 e. The lowest BCUT2D eigenvalue weighted by Gasteiger charge is -2.17. The van der Waals surface area contributed by atoms with E-state index in [1.165, 1.54) is 12.8 Å². The molecule has 0 radical (unpaired) electrons. The molecule has 0 spiro atoms. The molecule has 2 nitrogen and oxygen atoms in total. The fraction of sp³-hybridized carbons (Fsp3) is 0.909. The fourth-order valence-corrected chi connectivity index (χ4v) is 1.59. The van der Waals surface area contributed by atoms with Gasteiger partial charge >= 0.3 is 0 Å². The topological polar surface area (TPSA) is 37.3 Å². The number of aliphatic hydroxyl groups excluding tert-OH is 1. The normalized spacial score (nSPS) is 13.8. The first-order valence-corrected chi connectivity index (χ1v) is 6.77. The molecule has 0 bridgehead atoms. The zero-order chi connectivity index (χ0) is 12.6. The predicted molar refractivity (Wildman–Crippen MR) is 69.3 cm³/mol. The number of ketones is 1. The zero-order valence-corrected chi connectivity index (χ0v) is 11.8. The Hall–Kier alpha value is 0.500. The molecule has 0 heterocycles. The Morgan fingerprint density at radius 1 is 1.19 bits per heavy atom. The first-order valence-electron chi connectivity index (χ1n) is 5.64. The molecular formula is C11H19Cl3O2. The lowest BCUT2D eigenvalue weighted by molar-refractivity contribution is -0.121. The second kappa shape index (κ2) is 8.57. The Morgan fingerprint density at radius 3 is 2.25 bits per heavy atom. The van der Waals surface area contributed by atoms with Gasteiger partial charge in [0.05, 0.1) is 0 Å². The molecule has 1 unspecified atom stereocenters. The van der Waals surface area contributed by atoms with Crippen molar-refractivity contribution < 1.29 is 9.90 Å². The van der Waals surface area contributed by atoms with Gasteiger partial charge in [-0.1, -0.05) is 67.4 Å². The molecule has 0 saturated carbocycles. The third kappa shape index (κ3) is 8.63. The van der Waals surface area contributed by atoms with Crippen molar-refractivity contribution in [2.75, 3.05) is 0 Å². The van der Waals surface area contributed by atoms with Crippen LogP contribution in [0, 0.1) is 0 Å². The van der Waals surface area contributed by atoms with E-state index in [2.05, 4.69) is 6.92 Å². The number of hydrogen-bond acceptors (Lipinski definition) is 2. The summed E-state index contributed by atoms with van der Waals surface area (Å²) in [4.78, 5) is 11.4. The van der Waals surface area contributed by atoms with Crippen LogP contribution in [0.4, 0.5) is 0 Å². The number of Topliss-reactive ketones (excluding diaryl/α,β-unsaturated/α-hetero) is 1. The van der Waals surface area contributed by atoms with Crippen molar-refractivity contribution in [3.63, 3.8) is 0 Å². The van der Waals surface area contributed by atoms with E-state index >= 15 is 0 Å². The first-order chi connectivity index (χ1) is 7.38. The maximum absolute atomic E-state index is 11.4. The van der Waals surface area contributed by atoms with E-state index in [4.69, 9.17) is 34.8 Å². The van der Waals surface area contributed by atoms with Gasteiger partial charge in [0, 0.05) is 12.8 Å². The van der Waals surface area contributed by atoms with E-state index < -0.39 is 9.90 Å². The molecule has 0 aromatic rings. The SMILES string of the molecule is CCCCCCCC(=O)CC(O)C(Cl)(Cl)Cl. The van der Waals surface area contributed by atoms with Crippen molar-refractivity contribution in [3.05, 3.63) is 0 Å². The lowest BCUT2D eigenvalue weighted by atomic mass is 10.1. The lowest BCUT2D eigenvalue weighted by Crippen LogP contribution is -2.27. The summed E-state index contributed by atoms with van der Waals surface area (Å²) in [7, 11) is 0. The number of unbranched alkanes of at least 4 members (excludes halogenated alkanes) is 4. The molecule has 96 valence electrons. The summed E-state index contributed by atoms with van der Waals surface area (Å²) >= 11 is 16.4. The smallest absolute Gasteiger partial charge is 0.216 e. The Balaban J connectivity index is 3.59. The van der Waals surface area contributed by atoms with Gasteiger partial charge in [0.15, 0.2) is 0 Å². The molecule has 0 rings (SSSR count). The number of rotatable bonds is 8. The van der Waals surface area contributed by atoms with Crippen molar-refractivity contribution in [2.24, 2.45) is 0 Å². The van der Waals surface area contributed by atoms with E-state index in [0.717, 1.165) is 19.3 Å². The van der Waals surface area contributed by atoms with Crippen molar-refractivity contribution in [2.45, 2.75) is 61.8 Å². The Morgan fingerprint density at radius 2 is 1.75 bits per heavy atom. The van der Waals surface area contributed by atoms with Gasteiger partial charge in [-0.3, -0.25) is 4.79 Å². The standard InChI is InChI=1S/C11H19Cl3O2/c1-2-3-4-5-6-7-9(15)8-10(16)11(12,13)14/h10,16H,2-8H2,1H3. The minimum atomic E-state index is -1.77. The summed E-state index contributed by atoms with van der Waals surface area (Å²) in [6, 6.07) is 0. The quantitative estimate of drug-likeness (QED) is 0.541. The highest BCUT2D eigenvalue weighted by Crippen LogP contribution is 2.32. The van der Waals surface area contributed by atoms with Gasteiger partial charge in [-0.2, -0.15) is 0 Å². The monoisotopic (exact) mass is 288 g/mol. The number of carbonyl (C=O) groups is 1. The summed E-state index contributed by atoms with van der Waals surface area (Å²) in [5.41, 5.74) is 0. The van der Waals surface area contributed by atoms with Crippen LogP contribution in [0.25, 0.3) is 0 Å². The molecule has 0 aliphatic heterocycles. The van der Waals surface area contributed by atoms with Gasteiger partial charge < -0.3 is 5.11 Å². The average Bonchev–Trinajstić information content (AvgIpc) is 2.16. The number of aliphatic hydroxyl groups is 1. The average molecular weight is 290 g/mol. The van der Waals surface area contributed by atoms with Crippen molar-refractivity contribution in [1.29, 1.82) is 0 Å². The maximum atomic E-state index is 11.4. The van der Waals surface area contributed by atoms with Crippen LogP contribution in [0.5, 0.6) is 0 Å². The molecule has 16 heavy (non-hydrogen) atoms. The van der Waals surface area contributed by atoms with Crippen molar-refractivity contribution >= 4 is 40.6 Å². The van der Waals surface area contributed by atoms with Gasteiger partial charge in [0.25, 0.3) is 0 Å². The molecular weight excluding hydrogens is 270 g/mol. The van der Waals surface area contributed by atoms with E-state index in [1.807, 2.05) is 0 Å². The molecule has 0 amide bonds. The third-order valence-electron chi connectivity index (χ3n) is 2.36. The summed E-state index contributed by atoms with van der Waals surface area (Å²) in [6.45, 7) is 2.14. The summed E-state index contributed by atoms with van der Waals surface area (Å²) in [5.74, 6) is -0.0460. The molecule has 1 N–H and O–H groups in total. The van der Waals surface area contributed by atoms with E-state index in [-0.39, 0.29) is 12.2 Å². The molecule has 0 aliphatic carbocycles. The molecule has 0 aliphatic rings. The van der Waals surface area contributed by atoms with Crippen LogP contribution in [0.2, 0.25) is 0 Å². The molecule has 1 atom stereocenters. The third-order valence-corrected chi connectivity index (χ3v) is 3.11. The van der Waals surface area contributed by atoms with Crippen molar-refractivity contribution in [3.8, 4) is 0 Å². The van der Waals surface area contributed by atoms with Crippen LogP contribution < -0.4 is 0 Å². The number of hydrogen-bond donors (Lipinski definition) is 1. The summed E-state index contributed by atoms with van der Waals surface area (Å²) in [5, 5.41) is 9.38. The van der Waals surface area contributed by atoms with E-state index in [9.17, 15) is 9.90 Å². The Kier molecular flexibility index (Phi) is 8.84. The predicted octanol–water partition coefficient (Wildman–Crippen LogP) is 4.04. The first kappa shape index (κ1) is 16.5. The molecule has 0 fully saturated rings. The number of halogens is 3. The highest BCUT2D eigenvalue weighted by Gasteiger charge is 2.32. The van der Waals surface area contributed by atoms with Gasteiger partial charge in [-0.25, -0.2) is 0 Å². The molecule has 0 saturated heterocycles. The highest BCUT2D eigenvalue weighted by molar-refractivity contribution is 6.68. The Labute approximate surface area is 112 Å². The van der Waals surface area contributed by atoms with Crippen LogP contribution in [-0.4, -0.2) is 20.8 Å². The minimum absolute atomic E-state index is 0.0460. The van der Waals surface area contributed by atoms with Crippen molar-refractivity contribution in [1.82, 2.24) is 0 Å². The van der Waals surface area contributed by atoms with Crippen LogP contribution in [0.15, 0.2) is 0 Å². The summed E-state index contributed by atoms with van der Waals surface area (Å²) in [6.07, 6.45) is 4.60. The van der Waals surface area contributed by atoms with E-state index in [0.29, 0.717) is 6.42 Å². The zero-order valence-electron chi connectivity index (χ0n) is 9.52. The van der Waals surface area contributed by atoms with Crippen LogP contribution in [0.1, 0.15) is 51.9 Å². The van der Waals surface area contributed by atoms with Gasteiger partial charge in [0.1, 0.15) is 11.9 Å². The molecule has 0 aromatic carbocycles. The Bertz CT molecular complexity index is 202.